The average molecular weight is 498 g/mol. The molecule has 0 radical (unpaired) electrons. The number of para-hydroxylation sites is 1. The predicted molar refractivity (Wildman–Crippen MR) is 138 cm³/mol. The summed E-state index contributed by atoms with van der Waals surface area (Å²) >= 11 is 0.866. The number of rotatable bonds is 3. The number of aromatic hydroxyl groups is 1. The minimum Gasteiger partial charge on any atom is -0.505 e. The molecule has 1 aliphatic carbocycles. The summed E-state index contributed by atoms with van der Waals surface area (Å²) < 4.78 is 21.1. The molecule has 0 fully saturated rings. The summed E-state index contributed by atoms with van der Waals surface area (Å²) in [5.74, 6) is -0.925. The predicted octanol–water partition coefficient (Wildman–Crippen LogP) is 6.10. The minimum absolute atomic E-state index is 0.0597. The highest BCUT2D eigenvalue weighted by Gasteiger charge is 2.28. The molecular weight excluding hydrogens is 477 g/mol. The van der Waals surface area contributed by atoms with Crippen molar-refractivity contribution in [3.63, 3.8) is 0 Å². The Morgan fingerprint density at radius 1 is 0.917 bits per heavy atom. The fourth-order valence-corrected chi connectivity index (χ4v) is 5.75. The van der Waals surface area contributed by atoms with Gasteiger partial charge >= 0.3 is 5.63 Å². The Kier molecular flexibility index (Phi) is 5.49. The highest BCUT2D eigenvalue weighted by molar-refractivity contribution is 7.99. The van der Waals surface area contributed by atoms with E-state index in [4.69, 9.17) is 4.42 Å². The molecule has 1 N–H and O–H groups in total. The van der Waals surface area contributed by atoms with Gasteiger partial charge in [-0.2, -0.15) is 0 Å². The van der Waals surface area contributed by atoms with Gasteiger partial charge in [-0.1, -0.05) is 60.3 Å². The molecule has 5 nitrogen and oxygen atoms in total. The largest absolute Gasteiger partial charge is 0.505 e. The van der Waals surface area contributed by atoms with Gasteiger partial charge in [0.1, 0.15) is 16.1 Å². The molecule has 0 unspecified atom stereocenters. The summed E-state index contributed by atoms with van der Waals surface area (Å²) in [6.45, 7) is 0. The Bertz CT molecular complexity index is 1760. The van der Waals surface area contributed by atoms with E-state index >= 15 is 0 Å². The van der Waals surface area contributed by atoms with Crippen LogP contribution < -0.4 is 11.2 Å². The van der Waals surface area contributed by atoms with Crippen molar-refractivity contribution >= 4 is 22.7 Å². The second-order valence-corrected chi connectivity index (χ2v) is 9.73. The van der Waals surface area contributed by atoms with Crippen LogP contribution in [0.15, 0.2) is 103 Å². The lowest BCUT2D eigenvalue weighted by molar-refractivity contribution is 0.445. The summed E-state index contributed by atoms with van der Waals surface area (Å²) in [4.78, 5) is 27.4. The number of pyridine rings is 1. The maximum Gasteiger partial charge on any atom is 0.354 e. The van der Waals surface area contributed by atoms with Crippen molar-refractivity contribution < 1.29 is 13.9 Å². The molecule has 0 amide bonds. The van der Waals surface area contributed by atoms with Gasteiger partial charge in [0.2, 0.25) is 0 Å². The van der Waals surface area contributed by atoms with Crippen LogP contribution >= 0.6 is 11.8 Å². The Morgan fingerprint density at radius 2 is 1.69 bits per heavy atom. The summed E-state index contributed by atoms with van der Waals surface area (Å²) in [5, 5.41) is 11.2. The fourth-order valence-electron chi connectivity index (χ4n) is 4.88. The highest BCUT2D eigenvalue weighted by Crippen LogP contribution is 2.41. The van der Waals surface area contributed by atoms with E-state index < -0.39 is 22.8 Å². The Balaban J connectivity index is 1.72. The lowest BCUT2D eigenvalue weighted by atomic mass is 9.99. The Morgan fingerprint density at radius 3 is 2.50 bits per heavy atom. The number of benzene rings is 3. The SMILES string of the molecule is O=c1oc2c3c(n(-c4ccccc4)c(=O)c2c(O)c1Sc1cccc(F)c1)-c1ccccc1CCC3. The molecule has 2 heterocycles. The maximum absolute atomic E-state index is 14.1. The second-order valence-electron chi connectivity index (χ2n) is 8.64. The molecule has 6 rings (SSSR count). The van der Waals surface area contributed by atoms with E-state index in [9.17, 15) is 19.1 Å². The molecule has 0 saturated carbocycles. The lowest BCUT2D eigenvalue weighted by Gasteiger charge is -2.19. The molecule has 2 aromatic heterocycles. The van der Waals surface area contributed by atoms with E-state index in [1.165, 1.54) is 18.2 Å². The van der Waals surface area contributed by atoms with Gasteiger partial charge in [0.25, 0.3) is 5.56 Å². The third-order valence-electron chi connectivity index (χ3n) is 6.44. The van der Waals surface area contributed by atoms with Gasteiger partial charge in [0.05, 0.1) is 5.69 Å². The minimum atomic E-state index is -0.772. The zero-order valence-corrected chi connectivity index (χ0v) is 19.8. The first-order chi connectivity index (χ1) is 17.5. The highest BCUT2D eigenvalue weighted by atomic mass is 32.2. The molecule has 36 heavy (non-hydrogen) atoms. The van der Waals surface area contributed by atoms with Crippen molar-refractivity contribution in [3.05, 3.63) is 117 Å². The maximum atomic E-state index is 14.1. The van der Waals surface area contributed by atoms with Gasteiger partial charge in [-0.25, -0.2) is 9.18 Å². The number of aromatic nitrogens is 1. The fraction of sp³-hybridized carbons (Fsp3) is 0.103. The molecule has 0 aliphatic heterocycles. The van der Waals surface area contributed by atoms with Crippen LogP contribution in [0.25, 0.3) is 27.9 Å². The second kappa shape index (κ2) is 8.84. The zero-order chi connectivity index (χ0) is 24.8. The first kappa shape index (κ1) is 22.4. The number of nitrogens with zero attached hydrogens (tertiary/aromatic N) is 1. The van der Waals surface area contributed by atoms with Crippen LogP contribution in [0, 0.1) is 5.82 Å². The van der Waals surface area contributed by atoms with Gasteiger partial charge in [-0.3, -0.25) is 9.36 Å². The van der Waals surface area contributed by atoms with Crippen molar-refractivity contribution in [3.8, 4) is 22.7 Å². The van der Waals surface area contributed by atoms with Crippen LogP contribution in [0.3, 0.4) is 0 Å². The number of aryl methyl sites for hydroxylation is 2. The van der Waals surface area contributed by atoms with Crippen LogP contribution in [-0.4, -0.2) is 9.67 Å². The van der Waals surface area contributed by atoms with Crippen LogP contribution in [0.1, 0.15) is 17.5 Å². The molecule has 178 valence electrons. The quantitative estimate of drug-likeness (QED) is 0.326. The molecule has 1 aliphatic rings. The third kappa shape index (κ3) is 3.63. The molecule has 7 heteroatoms. The van der Waals surface area contributed by atoms with Gasteiger partial charge < -0.3 is 9.52 Å². The van der Waals surface area contributed by atoms with Crippen molar-refractivity contribution in [1.82, 2.24) is 4.57 Å². The van der Waals surface area contributed by atoms with Crippen molar-refractivity contribution in [2.75, 3.05) is 0 Å². The lowest BCUT2D eigenvalue weighted by Crippen LogP contribution is -2.23. The van der Waals surface area contributed by atoms with Gasteiger partial charge in [0.15, 0.2) is 11.3 Å². The first-order valence-corrected chi connectivity index (χ1v) is 12.4. The van der Waals surface area contributed by atoms with Crippen molar-refractivity contribution in [2.24, 2.45) is 0 Å². The molecule has 3 aromatic carbocycles. The molecular formula is C29H20FNO4S. The number of fused-ring (bicyclic) bond motifs is 5. The summed E-state index contributed by atoms with van der Waals surface area (Å²) in [5.41, 5.74) is 2.85. The van der Waals surface area contributed by atoms with Crippen molar-refractivity contribution in [2.45, 2.75) is 29.1 Å². The summed E-state index contributed by atoms with van der Waals surface area (Å²) in [7, 11) is 0. The normalized spacial score (nSPS) is 12.7. The molecule has 5 aromatic rings. The van der Waals surface area contributed by atoms with Gasteiger partial charge in [-0.05, 0) is 55.2 Å². The van der Waals surface area contributed by atoms with Crippen LogP contribution in [-0.2, 0) is 12.8 Å². The molecule has 0 atom stereocenters. The number of hydrogen-bond donors (Lipinski definition) is 1. The van der Waals surface area contributed by atoms with E-state index in [-0.39, 0.29) is 15.9 Å². The van der Waals surface area contributed by atoms with Crippen LogP contribution in [0.5, 0.6) is 5.75 Å². The molecule has 0 saturated heterocycles. The topological polar surface area (TPSA) is 72.4 Å². The van der Waals surface area contributed by atoms with Gasteiger partial charge in [-0.15, -0.1) is 0 Å². The first-order valence-electron chi connectivity index (χ1n) is 11.6. The summed E-state index contributed by atoms with van der Waals surface area (Å²) in [6, 6.07) is 22.8. The summed E-state index contributed by atoms with van der Waals surface area (Å²) in [6.07, 6.45) is 2.15. The number of halogens is 1. The molecule has 0 bridgehead atoms. The van der Waals surface area contributed by atoms with Crippen LogP contribution in [0.2, 0.25) is 0 Å². The van der Waals surface area contributed by atoms with E-state index in [0.717, 1.165) is 35.7 Å². The third-order valence-corrected chi connectivity index (χ3v) is 7.49. The smallest absolute Gasteiger partial charge is 0.354 e. The Hall–Kier alpha value is -4.10. The van der Waals surface area contributed by atoms with E-state index in [1.54, 1.807) is 10.6 Å². The monoisotopic (exact) mass is 497 g/mol. The van der Waals surface area contributed by atoms with E-state index in [0.29, 0.717) is 28.3 Å². The van der Waals surface area contributed by atoms with E-state index in [2.05, 4.69) is 0 Å². The average Bonchev–Trinajstić information content (AvgIpc) is 3.07. The molecule has 0 spiro atoms. The van der Waals surface area contributed by atoms with Crippen LogP contribution in [0.4, 0.5) is 4.39 Å². The Labute approximate surface area is 209 Å². The van der Waals surface area contributed by atoms with Crippen molar-refractivity contribution in [1.29, 1.82) is 0 Å². The number of hydrogen-bond acceptors (Lipinski definition) is 5. The zero-order valence-electron chi connectivity index (χ0n) is 19.0. The van der Waals surface area contributed by atoms with Gasteiger partial charge in [0, 0.05) is 21.7 Å². The standard InChI is InChI=1S/C29H20FNO4S/c30-18-10-7-13-20(16-18)36-27-25(32)23-26(35-29(27)34)22-15-6-9-17-8-4-5-14-21(17)24(22)31(28(23)33)19-11-2-1-3-12-19/h1-5,7-8,10-14,16,32H,6,9,15H2. The van der Waals surface area contributed by atoms with E-state index in [1.807, 2.05) is 54.6 Å².